The fraction of sp³-hybridized carbons (Fsp3) is 0.379. The van der Waals surface area contributed by atoms with Gasteiger partial charge < -0.3 is 24.3 Å². The molecule has 3 aliphatic rings. The van der Waals surface area contributed by atoms with E-state index in [0.29, 0.717) is 51.8 Å². The Morgan fingerprint density at radius 2 is 1.84 bits per heavy atom. The lowest BCUT2D eigenvalue weighted by Gasteiger charge is -2.37. The lowest BCUT2D eigenvalue weighted by atomic mass is 9.71. The third-order valence-corrected chi connectivity index (χ3v) is 7.31. The molecule has 1 N–H and O–H groups in total. The van der Waals surface area contributed by atoms with Gasteiger partial charge in [-0.15, -0.1) is 0 Å². The topological polar surface area (TPSA) is 83.1 Å². The molecule has 7 nitrogen and oxygen atoms in total. The maximum atomic E-state index is 13.8. The highest BCUT2D eigenvalue weighted by atomic mass is 35.5. The van der Waals surface area contributed by atoms with E-state index in [1.807, 2.05) is 45.0 Å². The van der Waals surface area contributed by atoms with E-state index in [4.69, 9.17) is 30.5 Å². The monoisotopic (exact) mass is 523 g/mol. The molecule has 8 heteroatoms. The number of ether oxygens (including phenoxy) is 4. The van der Waals surface area contributed by atoms with Crippen LogP contribution in [0, 0.1) is 5.92 Å². The van der Waals surface area contributed by atoms with Crippen molar-refractivity contribution < 1.29 is 28.5 Å². The van der Waals surface area contributed by atoms with E-state index in [2.05, 4.69) is 5.32 Å². The van der Waals surface area contributed by atoms with Gasteiger partial charge in [0, 0.05) is 40.4 Å². The van der Waals surface area contributed by atoms with Crippen LogP contribution in [0.4, 0.5) is 0 Å². The zero-order valence-corrected chi connectivity index (χ0v) is 22.1. The van der Waals surface area contributed by atoms with Crippen LogP contribution in [-0.4, -0.2) is 32.3 Å². The summed E-state index contributed by atoms with van der Waals surface area (Å²) in [6, 6.07) is 11.3. The molecule has 0 radical (unpaired) electrons. The highest BCUT2D eigenvalue weighted by Gasteiger charge is 2.42. The molecule has 0 unspecified atom stereocenters. The summed E-state index contributed by atoms with van der Waals surface area (Å²) in [5, 5.41) is 3.77. The van der Waals surface area contributed by atoms with Crippen LogP contribution in [0.5, 0.6) is 17.2 Å². The summed E-state index contributed by atoms with van der Waals surface area (Å²) >= 11 is 6.74. The van der Waals surface area contributed by atoms with Gasteiger partial charge >= 0.3 is 5.97 Å². The fourth-order valence-electron chi connectivity index (χ4n) is 5.21. The van der Waals surface area contributed by atoms with Gasteiger partial charge in [-0.05, 0) is 54.5 Å². The first-order chi connectivity index (χ1) is 17.8. The normalized spacial score (nSPS) is 20.6. The van der Waals surface area contributed by atoms with Crippen LogP contribution in [0.3, 0.4) is 0 Å². The van der Waals surface area contributed by atoms with Crippen molar-refractivity contribution in [3.05, 3.63) is 75.1 Å². The minimum absolute atomic E-state index is 0.000209. The summed E-state index contributed by atoms with van der Waals surface area (Å²) in [5.41, 5.74) is 4.06. The third kappa shape index (κ3) is 4.80. The molecule has 2 heterocycles. The molecular formula is C29H30ClNO6. The first kappa shape index (κ1) is 25.2. The Balaban J connectivity index is 1.58. The van der Waals surface area contributed by atoms with Crippen molar-refractivity contribution >= 4 is 23.4 Å². The number of ketones is 1. The highest BCUT2D eigenvalue weighted by Crippen LogP contribution is 2.49. The van der Waals surface area contributed by atoms with E-state index < -0.39 is 11.9 Å². The molecule has 2 aliphatic heterocycles. The lowest BCUT2D eigenvalue weighted by molar-refractivity contribution is -0.140. The number of hydrogen-bond donors (Lipinski definition) is 1. The van der Waals surface area contributed by atoms with Gasteiger partial charge in [-0.1, -0.05) is 37.6 Å². The Hall–Kier alpha value is -3.45. The molecule has 0 amide bonds. The summed E-state index contributed by atoms with van der Waals surface area (Å²) in [6.07, 6.45) is 0.941. The van der Waals surface area contributed by atoms with Gasteiger partial charge in [-0.3, -0.25) is 4.79 Å². The minimum atomic E-state index is -0.678. The van der Waals surface area contributed by atoms with Gasteiger partial charge in [0.1, 0.15) is 5.75 Å². The Kier molecular flexibility index (Phi) is 6.90. The number of fused-ring (bicyclic) bond motifs is 1. The van der Waals surface area contributed by atoms with Crippen molar-refractivity contribution in [2.24, 2.45) is 5.92 Å². The van der Waals surface area contributed by atoms with E-state index >= 15 is 0 Å². The number of carbonyl (C=O) groups is 2. The van der Waals surface area contributed by atoms with Gasteiger partial charge in [0.2, 0.25) is 6.79 Å². The predicted molar refractivity (Wildman–Crippen MR) is 139 cm³/mol. The minimum Gasteiger partial charge on any atom is -0.497 e. The summed E-state index contributed by atoms with van der Waals surface area (Å²) in [7, 11) is 1.63. The summed E-state index contributed by atoms with van der Waals surface area (Å²) in [5.74, 6) is 0.835. The molecule has 2 aromatic carbocycles. The van der Waals surface area contributed by atoms with E-state index in [1.165, 1.54) is 0 Å². The molecule has 0 aromatic heterocycles. The molecule has 1 aliphatic carbocycles. The second-order valence-electron chi connectivity index (χ2n) is 10.0. The number of allylic oxidation sites excluding steroid dienone is 3. The Morgan fingerprint density at radius 3 is 2.51 bits per heavy atom. The number of carbonyl (C=O) groups excluding carboxylic acids is 2. The third-order valence-electron chi connectivity index (χ3n) is 6.99. The van der Waals surface area contributed by atoms with Crippen LogP contribution >= 0.6 is 11.6 Å². The Bertz CT molecular complexity index is 1310. The SMILES string of the molecule is COc1ccc([C@@H]2CC(=O)C3=C(C2)NC(C)=C(C(=O)OCC(C)C)[C@H]3c2cc3c(cc2Cl)OCO3)cc1. The average Bonchev–Trinajstić information content (AvgIpc) is 3.33. The van der Waals surface area contributed by atoms with Gasteiger partial charge in [0.25, 0.3) is 0 Å². The number of rotatable bonds is 6. The quantitative estimate of drug-likeness (QED) is 0.491. The van der Waals surface area contributed by atoms with Crippen molar-refractivity contribution in [3.8, 4) is 17.2 Å². The molecule has 2 atom stereocenters. The smallest absolute Gasteiger partial charge is 0.336 e. The van der Waals surface area contributed by atoms with Crippen LogP contribution in [0.1, 0.15) is 56.6 Å². The van der Waals surface area contributed by atoms with E-state index in [1.54, 1.807) is 19.2 Å². The largest absolute Gasteiger partial charge is 0.497 e. The number of halogens is 1. The molecule has 194 valence electrons. The molecule has 0 saturated carbocycles. The predicted octanol–water partition coefficient (Wildman–Crippen LogP) is 5.64. The van der Waals surface area contributed by atoms with Crippen LogP contribution in [-0.2, 0) is 14.3 Å². The van der Waals surface area contributed by atoms with Crippen LogP contribution < -0.4 is 19.5 Å². The van der Waals surface area contributed by atoms with Gasteiger partial charge in [0.15, 0.2) is 17.3 Å². The lowest BCUT2D eigenvalue weighted by Crippen LogP contribution is -2.36. The number of methoxy groups -OCH3 is 1. The van der Waals surface area contributed by atoms with Crippen LogP contribution in [0.25, 0.3) is 0 Å². The first-order valence-corrected chi connectivity index (χ1v) is 12.8. The fourth-order valence-corrected chi connectivity index (χ4v) is 5.47. The van der Waals surface area contributed by atoms with Crippen LogP contribution in [0.15, 0.2) is 58.9 Å². The second-order valence-corrected chi connectivity index (χ2v) is 10.4. The summed E-state index contributed by atoms with van der Waals surface area (Å²) in [4.78, 5) is 27.2. The van der Waals surface area contributed by atoms with Crippen molar-refractivity contribution in [1.29, 1.82) is 0 Å². The zero-order chi connectivity index (χ0) is 26.3. The van der Waals surface area contributed by atoms with Crippen molar-refractivity contribution in [2.75, 3.05) is 20.5 Å². The number of nitrogens with one attached hydrogen (secondary N) is 1. The van der Waals surface area contributed by atoms with Gasteiger partial charge in [-0.2, -0.15) is 0 Å². The molecule has 0 saturated heterocycles. The van der Waals surface area contributed by atoms with E-state index in [0.717, 1.165) is 17.0 Å². The van der Waals surface area contributed by atoms with Crippen molar-refractivity contribution in [1.82, 2.24) is 5.32 Å². The second kappa shape index (κ2) is 10.1. The Labute approximate surface area is 221 Å². The number of hydrogen-bond acceptors (Lipinski definition) is 7. The molecule has 0 fully saturated rings. The van der Waals surface area contributed by atoms with Gasteiger partial charge in [-0.25, -0.2) is 4.79 Å². The average molecular weight is 524 g/mol. The van der Waals surface area contributed by atoms with E-state index in [9.17, 15) is 9.59 Å². The number of dihydropyridines is 1. The number of benzene rings is 2. The first-order valence-electron chi connectivity index (χ1n) is 12.4. The van der Waals surface area contributed by atoms with Gasteiger partial charge in [0.05, 0.1) is 19.3 Å². The highest BCUT2D eigenvalue weighted by molar-refractivity contribution is 6.32. The van der Waals surface area contributed by atoms with E-state index in [-0.39, 0.29) is 31.0 Å². The summed E-state index contributed by atoms with van der Waals surface area (Å²) in [6.45, 7) is 6.16. The molecule has 37 heavy (non-hydrogen) atoms. The summed E-state index contributed by atoms with van der Waals surface area (Å²) < 4.78 is 22.0. The maximum Gasteiger partial charge on any atom is 0.336 e. The molecule has 0 spiro atoms. The molecule has 0 bridgehead atoms. The number of Topliss-reactive ketones (excluding diaryl/α,β-unsaturated/α-hetero) is 1. The standard InChI is InChI=1S/C29H30ClNO6/c1-15(2)13-35-29(33)26-16(3)31-22-9-18(17-5-7-19(34-4)8-6-17)10-23(32)28(22)27(26)20-11-24-25(12-21(20)30)37-14-36-24/h5-8,11-12,15,18,27,31H,9-10,13-14H2,1-4H3/t18-,27+/m0/s1. The van der Waals surface area contributed by atoms with Crippen molar-refractivity contribution in [3.63, 3.8) is 0 Å². The van der Waals surface area contributed by atoms with Crippen molar-refractivity contribution in [2.45, 2.75) is 45.4 Å². The zero-order valence-electron chi connectivity index (χ0n) is 21.4. The van der Waals surface area contributed by atoms with Crippen LogP contribution in [0.2, 0.25) is 5.02 Å². The maximum absolute atomic E-state index is 13.8. The molecule has 2 aromatic rings. The molecular weight excluding hydrogens is 494 g/mol. The molecule has 5 rings (SSSR count). The number of esters is 1. The Morgan fingerprint density at radius 1 is 1.14 bits per heavy atom.